The van der Waals surface area contributed by atoms with E-state index in [1.807, 2.05) is 56.6 Å². The number of benzene rings is 2. The third-order valence-corrected chi connectivity index (χ3v) is 10.5. The Hall–Kier alpha value is -2.64. The normalized spacial score (nSPS) is 25.6. The molecule has 226 valence electrons. The van der Waals surface area contributed by atoms with Gasteiger partial charge in [0.25, 0.3) is 5.91 Å². The SMILES string of the molecule is CN(C)CCCOc1cc(-c2nc(C(=O)NC3(C(=O)Cl)C4CC5CC(C4)CC3C5)ccc2-c2ccccc2Cl)ccc1Cl. The van der Waals surface area contributed by atoms with Crippen molar-refractivity contribution < 1.29 is 14.3 Å². The lowest BCUT2D eigenvalue weighted by atomic mass is 9.49. The number of aromatic nitrogens is 1. The van der Waals surface area contributed by atoms with Crippen molar-refractivity contribution in [3.05, 3.63) is 70.3 Å². The van der Waals surface area contributed by atoms with Gasteiger partial charge in [-0.15, -0.1) is 0 Å². The molecule has 0 saturated heterocycles. The van der Waals surface area contributed by atoms with Crippen LogP contribution in [-0.2, 0) is 4.79 Å². The highest BCUT2D eigenvalue weighted by molar-refractivity contribution is 6.66. The van der Waals surface area contributed by atoms with Crippen LogP contribution < -0.4 is 10.1 Å². The molecule has 6 nitrogen and oxygen atoms in total. The molecule has 0 atom stereocenters. The van der Waals surface area contributed by atoms with Gasteiger partial charge in [0.2, 0.25) is 5.24 Å². The Morgan fingerprint density at radius 3 is 2.28 bits per heavy atom. The number of amides is 1. The summed E-state index contributed by atoms with van der Waals surface area (Å²) in [5.74, 6) is 1.49. The number of carbonyl (C=O) groups excluding carboxylic acids is 2. The van der Waals surface area contributed by atoms with E-state index in [9.17, 15) is 9.59 Å². The number of hydrogen-bond acceptors (Lipinski definition) is 5. The Labute approximate surface area is 268 Å². The molecule has 1 heterocycles. The van der Waals surface area contributed by atoms with E-state index in [4.69, 9.17) is 44.5 Å². The Morgan fingerprint density at radius 1 is 0.930 bits per heavy atom. The molecule has 1 amide bonds. The molecule has 0 aliphatic heterocycles. The van der Waals surface area contributed by atoms with E-state index < -0.39 is 16.7 Å². The van der Waals surface area contributed by atoms with Gasteiger partial charge < -0.3 is 15.0 Å². The fourth-order valence-electron chi connectivity index (χ4n) is 7.78. The summed E-state index contributed by atoms with van der Waals surface area (Å²) in [5, 5.41) is 3.74. The van der Waals surface area contributed by atoms with Gasteiger partial charge in [-0.25, -0.2) is 4.98 Å². The minimum atomic E-state index is -1.05. The molecule has 4 aliphatic carbocycles. The van der Waals surface area contributed by atoms with E-state index in [0.717, 1.165) is 55.3 Å². The van der Waals surface area contributed by atoms with Crippen LogP contribution in [0.5, 0.6) is 5.75 Å². The summed E-state index contributed by atoms with van der Waals surface area (Å²) in [7, 11) is 4.04. The summed E-state index contributed by atoms with van der Waals surface area (Å²) in [5.41, 5.74) is 2.00. The zero-order valence-electron chi connectivity index (χ0n) is 24.4. The predicted octanol–water partition coefficient (Wildman–Crippen LogP) is 7.74. The van der Waals surface area contributed by atoms with Gasteiger partial charge >= 0.3 is 0 Å². The molecule has 4 aliphatic rings. The summed E-state index contributed by atoms with van der Waals surface area (Å²) in [6.45, 7) is 1.40. The first-order valence-corrected chi connectivity index (χ1v) is 16.1. The predicted molar refractivity (Wildman–Crippen MR) is 172 cm³/mol. The average Bonchev–Trinajstić information content (AvgIpc) is 2.97. The molecule has 43 heavy (non-hydrogen) atoms. The van der Waals surface area contributed by atoms with Gasteiger partial charge in [0.15, 0.2) is 0 Å². The standard InChI is InChI=1S/C34H36Cl3N3O3/c1-40(2)12-5-13-43-30-19-22(8-10-28(30)36)31-26(25-6-3-4-7-27(25)35)9-11-29(38-31)32(41)39-34(33(37)42)23-15-20-14-21(17-23)18-24(34)16-20/h3-4,6-11,19-21,23-24H,5,12-18H2,1-2H3,(H,39,41). The molecule has 1 aromatic heterocycles. The van der Waals surface area contributed by atoms with Crippen molar-refractivity contribution in [3.8, 4) is 28.1 Å². The zero-order chi connectivity index (χ0) is 30.3. The summed E-state index contributed by atoms with van der Waals surface area (Å²) < 4.78 is 6.05. The first-order chi connectivity index (χ1) is 20.7. The van der Waals surface area contributed by atoms with Gasteiger partial charge in [0, 0.05) is 28.3 Å². The molecule has 9 heteroatoms. The van der Waals surface area contributed by atoms with E-state index in [1.165, 1.54) is 6.42 Å². The molecule has 1 N–H and O–H groups in total. The molecule has 0 unspecified atom stereocenters. The molecule has 7 rings (SSSR count). The number of halogens is 3. The van der Waals surface area contributed by atoms with Crippen LogP contribution in [0.1, 0.15) is 49.0 Å². The van der Waals surface area contributed by atoms with E-state index in [0.29, 0.717) is 39.9 Å². The number of pyridine rings is 1. The second-order valence-electron chi connectivity index (χ2n) is 12.6. The maximum absolute atomic E-state index is 13.9. The molecule has 4 bridgehead atoms. The lowest BCUT2D eigenvalue weighted by Gasteiger charge is -2.59. The molecule has 0 radical (unpaired) electrons. The highest BCUT2D eigenvalue weighted by Crippen LogP contribution is 2.59. The third-order valence-electron chi connectivity index (χ3n) is 9.58. The van der Waals surface area contributed by atoms with Crippen LogP contribution in [0, 0.1) is 23.7 Å². The fourth-order valence-corrected chi connectivity index (χ4v) is 8.55. The van der Waals surface area contributed by atoms with Crippen molar-refractivity contribution in [2.45, 2.75) is 44.1 Å². The topological polar surface area (TPSA) is 71.5 Å². The van der Waals surface area contributed by atoms with Crippen LogP contribution >= 0.6 is 34.8 Å². The quantitative estimate of drug-likeness (QED) is 0.181. The van der Waals surface area contributed by atoms with Gasteiger partial charge in [-0.05, 0) is 118 Å². The molecule has 0 spiro atoms. The van der Waals surface area contributed by atoms with Gasteiger partial charge in [-0.3, -0.25) is 9.59 Å². The summed E-state index contributed by atoms with van der Waals surface area (Å²) >= 11 is 19.5. The minimum Gasteiger partial charge on any atom is -0.492 e. The van der Waals surface area contributed by atoms with Gasteiger partial charge in [0.05, 0.1) is 17.3 Å². The van der Waals surface area contributed by atoms with Crippen LogP contribution in [0.15, 0.2) is 54.6 Å². The molecular formula is C34H36Cl3N3O3. The lowest BCUT2D eigenvalue weighted by Crippen LogP contribution is -2.69. The van der Waals surface area contributed by atoms with Crippen molar-refractivity contribution >= 4 is 46.0 Å². The largest absolute Gasteiger partial charge is 0.492 e. The highest BCUT2D eigenvalue weighted by Gasteiger charge is 2.61. The fraction of sp³-hybridized carbons (Fsp3) is 0.441. The molecule has 4 saturated carbocycles. The lowest BCUT2D eigenvalue weighted by molar-refractivity contribution is -0.135. The van der Waals surface area contributed by atoms with Gasteiger partial charge in [0.1, 0.15) is 17.0 Å². The maximum Gasteiger partial charge on any atom is 0.270 e. The molecule has 2 aromatic carbocycles. The van der Waals surface area contributed by atoms with Gasteiger partial charge in [-0.1, -0.05) is 47.5 Å². The van der Waals surface area contributed by atoms with Crippen molar-refractivity contribution in [2.24, 2.45) is 23.7 Å². The molecule has 3 aromatic rings. The Kier molecular flexibility index (Phi) is 8.76. The van der Waals surface area contributed by atoms with Crippen LogP contribution in [0.3, 0.4) is 0 Å². The van der Waals surface area contributed by atoms with E-state index in [2.05, 4.69) is 10.2 Å². The number of nitrogens with one attached hydrogen (secondary N) is 1. The second-order valence-corrected chi connectivity index (χ2v) is 13.8. The van der Waals surface area contributed by atoms with E-state index in [1.54, 1.807) is 12.1 Å². The maximum atomic E-state index is 13.9. The van der Waals surface area contributed by atoms with Gasteiger partial charge in [-0.2, -0.15) is 0 Å². The number of ether oxygens (including phenoxy) is 1. The van der Waals surface area contributed by atoms with E-state index in [-0.39, 0.29) is 17.5 Å². The third kappa shape index (κ3) is 5.92. The number of nitrogens with zero attached hydrogens (tertiary/aromatic N) is 2. The van der Waals surface area contributed by atoms with Crippen molar-refractivity contribution in [2.75, 3.05) is 27.2 Å². The summed E-state index contributed by atoms with van der Waals surface area (Å²) in [6.07, 6.45) is 5.78. The van der Waals surface area contributed by atoms with E-state index >= 15 is 0 Å². The molecular weight excluding hydrogens is 605 g/mol. The van der Waals surface area contributed by atoms with Crippen LogP contribution in [0.25, 0.3) is 22.4 Å². The zero-order valence-corrected chi connectivity index (χ0v) is 26.7. The van der Waals surface area contributed by atoms with Crippen LogP contribution in [-0.4, -0.2) is 53.8 Å². The van der Waals surface area contributed by atoms with Crippen LogP contribution in [0.4, 0.5) is 0 Å². The highest BCUT2D eigenvalue weighted by atomic mass is 35.5. The number of rotatable bonds is 10. The average molecular weight is 641 g/mol. The Bertz CT molecular complexity index is 1510. The Balaban J connectivity index is 1.36. The summed E-state index contributed by atoms with van der Waals surface area (Å²) in [6, 6.07) is 16.6. The smallest absolute Gasteiger partial charge is 0.270 e. The first-order valence-electron chi connectivity index (χ1n) is 15.0. The minimum absolute atomic E-state index is 0.0584. The summed E-state index contributed by atoms with van der Waals surface area (Å²) in [4.78, 5) is 34.0. The first kappa shape index (κ1) is 30.4. The van der Waals surface area contributed by atoms with Crippen molar-refractivity contribution in [1.82, 2.24) is 15.2 Å². The van der Waals surface area contributed by atoms with Crippen LogP contribution in [0.2, 0.25) is 10.0 Å². The van der Waals surface area contributed by atoms with Crippen molar-refractivity contribution in [1.29, 1.82) is 0 Å². The number of hydrogen-bond donors (Lipinski definition) is 1. The van der Waals surface area contributed by atoms with Crippen molar-refractivity contribution in [3.63, 3.8) is 0 Å². The molecule has 4 fully saturated rings. The Morgan fingerprint density at radius 2 is 1.63 bits per heavy atom. The monoisotopic (exact) mass is 639 g/mol. The second kappa shape index (κ2) is 12.4. The number of carbonyl (C=O) groups is 2.